The first-order valence-corrected chi connectivity index (χ1v) is 7.99. The first-order chi connectivity index (χ1) is 11.0. The third-order valence-corrected chi connectivity index (χ3v) is 4.30. The largest absolute Gasteiger partial charge is 0.384 e. The number of aromatic nitrogens is 2. The van der Waals surface area contributed by atoms with Crippen LogP contribution in [0.25, 0.3) is 10.9 Å². The highest BCUT2D eigenvalue weighted by Crippen LogP contribution is 2.33. The average Bonchev–Trinajstić information content (AvgIpc) is 2.85. The lowest BCUT2D eigenvalue weighted by atomic mass is 10.0. The number of aliphatic hydroxyl groups excluding tert-OH is 1. The van der Waals surface area contributed by atoms with E-state index in [9.17, 15) is 9.59 Å². The van der Waals surface area contributed by atoms with E-state index in [1.807, 2.05) is 44.2 Å². The van der Waals surface area contributed by atoms with E-state index in [2.05, 4.69) is 0 Å². The lowest BCUT2D eigenvalue weighted by Crippen LogP contribution is -2.34. The third-order valence-electron chi connectivity index (χ3n) is 3.88. The molecule has 1 unspecified atom stereocenters. The summed E-state index contributed by atoms with van der Waals surface area (Å²) in [5.74, 6) is 0.306. The van der Waals surface area contributed by atoms with Gasteiger partial charge in [-0.2, -0.15) is 0 Å². The molecule has 0 saturated heterocycles. The highest BCUT2D eigenvalue weighted by atomic mass is 35.5. The number of hydrogen-bond donors (Lipinski definition) is 1. The first kappa shape index (κ1) is 16.0. The summed E-state index contributed by atoms with van der Waals surface area (Å²) in [4.78, 5) is 0.565. The summed E-state index contributed by atoms with van der Waals surface area (Å²) >= 11 is 6.45. The summed E-state index contributed by atoms with van der Waals surface area (Å²) in [6.07, 6.45) is 0.524. The quantitative estimate of drug-likeness (QED) is 0.766. The van der Waals surface area contributed by atoms with Crippen LogP contribution in [0, 0.1) is 5.92 Å². The second-order valence-electron chi connectivity index (χ2n) is 6.11. The molecule has 0 fully saturated rings. The molecule has 1 atom stereocenters. The fourth-order valence-electron chi connectivity index (χ4n) is 2.77. The Morgan fingerprint density at radius 2 is 1.87 bits per heavy atom. The molecule has 1 aromatic heterocycles. The van der Waals surface area contributed by atoms with Crippen molar-refractivity contribution in [1.82, 2.24) is 4.68 Å². The third kappa shape index (κ3) is 2.96. The smallest absolute Gasteiger partial charge is 0.259 e. The van der Waals surface area contributed by atoms with E-state index in [1.54, 1.807) is 16.8 Å². The average molecular weight is 334 g/mol. The molecule has 1 N–H and O–H groups in total. The van der Waals surface area contributed by atoms with E-state index in [-0.39, 0.29) is 0 Å². The zero-order valence-electron chi connectivity index (χ0n) is 13.1. The van der Waals surface area contributed by atoms with Gasteiger partial charge in [0.2, 0.25) is 0 Å². The molecule has 23 heavy (non-hydrogen) atoms. The maximum Gasteiger partial charge on any atom is 0.259 e. The number of rotatable bonds is 4. The van der Waals surface area contributed by atoms with Crippen molar-refractivity contribution in [2.24, 2.45) is 5.92 Å². The number of fused-ring (bicyclic) bond motifs is 1. The molecule has 5 heteroatoms. The summed E-state index contributed by atoms with van der Waals surface area (Å²) < 4.78 is 15.7. The molecule has 0 aliphatic heterocycles. The van der Waals surface area contributed by atoms with Gasteiger partial charge in [-0.05, 0) is 17.5 Å². The highest BCUT2D eigenvalue weighted by Gasteiger charge is 2.23. The second kappa shape index (κ2) is 6.30. The van der Waals surface area contributed by atoms with E-state index < -0.39 is 6.10 Å². The Morgan fingerprint density at radius 1 is 1.17 bits per heavy atom. The summed E-state index contributed by atoms with van der Waals surface area (Å²) in [7, 11) is 0. The Morgan fingerprint density at radius 3 is 2.52 bits per heavy atom. The van der Waals surface area contributed by atoms with Gasteiger partial charge in [-0.25, -0.2) is 0 Å². The first-order valence-electron chi connectivity index (χ1n) is 7.61. The molecular formula is C18H19ClFN2O+. The molecule has 120 valence electrons. The molecule has 0 aliphatic carbocycles. The van der Waals surface area contributed by atoms with Crippen LogP contribution in [0.2, 0.25) is 5.02 Å². The molecular weight excluding hydrogens is 315 g/mol. The maximum atomic E-state index is 14.2. The zero-order chi connectivity index (χ0) is 16.6. The van der Waals surface area contributed by atoms with E-state index >= 15 is 0 Å². The molecule has 0 bridgehead atoms. The summed E-state index contributed by atoms with van der Waals surface area (Å²) in [5.41, 5.74) is 2.05. The molecule has 0 spiro atoms. The van der Waals surface area contributed by atoms with Gasteiger partial charge in [-0.3, -0.25) is 0 Å². The number of hydrogen-bond acceptors (Lipinski definition) is 1. The van der Waals surface area contributed by atoms with Gasteiger partial charge in [-0.15, -0.1) is 4.68 Å². The lowest BCUT2D eigenvalue weighted by molar-refractivity contribution is -0.907. The summed E-state index contributed by atoms with van der Waals surface area (Å²) in [6, 6.07) is 12.9. The van der Waals surface area contributed by atoms with Crippen LogP contribution >= 0.6 is 11.6 Å². The fraction of sp³-hybridized carbons (Fsp3) is 0.278. The molecule has 0 aliphatic rings. The van der Waals surface area contributed by atoms with Gasteiger partial charge in [0.1, 0.15) is 21.0 Å². The second-order valence-corrected chi connectivity index (χ2v) is 6.49. The minimum absolute atomic E-state index is 0.306. The van der Waals surface area contributed by atoms with Crippen molar-refractivity contribution in [3.63, 3.8) is 0 Å². The van der Waals surface area contributed by atoms with E-state index in [1.165, 1.54) is 6.20 Å². The van der Waals surface area contributed by atoms with Crippen molar-refractivity contribution < 1.29 is 14.5 Å². The minimum Gasteiger partial charge on any atom is -0.384 e. The van der Waals surface area contributed by atoms with Crippen LogP contribution in [0.4, 0.5) is 4.48 Å². The fourth-order valence-corrected chi connectivity index (χ4v) is 3.09. The number of halogens is 2. The van der Waals surface area contributed by atoms with Crippen LogP contribution in [-0.2, 0) is 6.54 Å². The van der Waals surface area contributed by atoms with Crippen molar-refractivity contribution in [2.45, 2.75) is 26.5 Å². The number of aliphatic hydroxyl groups is 1. The topological polar surface area (TPSA) is 29.0 Å². The normalized spacial score (nSPS) is 13.0. The molecule has 2 aromatic carbocycles. The van der Waals surface area contributed by atoms with Crippen LogP contribution in [0.3, 0.4) is 0 Å². The number of benzene rings is 2. The van der Waals surface area contributed by atoms with Gasteiger partial charge in [0.05, 0.1) is 17.0 Å². The van der Waals surface area contributed by atoms with Crippen LogP contribution < -0.4 is 4.90 Å². The van der Waals surface area contributed by atoms with Gasteiger partial charge in [-0.1, -0.05) is 61.8 Å². The summed E-state index contributed by atoms with van der Waals surface area (Å²) in [5, 5.41) is 11.5. The van der Waals surface area contributed by atoms with Gasteiger partial charge >= 0.3 is 0 Å². The van der Waals surface area contributed by atoms with Gasteiger partial charge in [0, 0.05) is 5.56 Å². The van der Waals surface area contributed by atoms with Gasteiger partial charge < -0.3 is 5.11 Å². The predicted molar refractivity (Wildman–Crippen MR) is 89.0 cm³/mol. The SMILES string of the molecule is CC(C)Cn1c2ccc(C(O)c3ccccc3)c(Cl)c2c[n+]1F. The van der Waals surface area contributed by atoms with Gasteiger partial charge in [0.15, 0.2) is 0 Å². The van der Waals surface area contributed by atoms with Crippen molar-refractivity contribution in [1.29, 1.82) is 0 Å². The van der Waals surface area contributed by atoms with Crippen LogP contribution in [0.15, 0.2) is 48.7 Å². The Balaban J connectivity index is 2.09. The van der Waals surface area contributed by atoms with Gasteiger partial charge in [0.25, 0.3) is 6.20 Å². The molecule has 0 amide bonds. The Bertz CT molecular complexity index is 830. The molecule has 3 nitrogen and oxygen atoms in total. The molecule has 0 saturated carbocycles. The Hall–Kier alpha value is -1.91. The van der Waals surface area contributed by atoms with E-state index in [0.717, 1.165) is 11.1 Å². The summed E-state index contributed by atoms with van der Waals surface area (Å²) in [6.45, 7) is 4.61. The molecule has 3 rings (SSSR count). The van der Waals surface area contributed by atoms with Crippen LogP contribution in [-0.4, -0.2) is 9.79 Å². The van der Waals surface area contributed by atoms with E-state index in [4.69, 9.17) is 11.6 Å². The zero-order valence-corrected chi connectivity index (χ0v) is 13.8. The Kier molecular flexibility index (Phi) is 4.37. The lowest BCUT2D eigenvalue weighted by Gasteiger charge is -2.13. The standard InChI is InChI=1S/C18H19ClFN2O/c1-12(2)10-21-16-9-8-14(17(19)15(16)11-22(21)20)18(23)13-6-4-3-5-7-13/h3-9,11-12,18,23H,10H2,1-2H3/q+1. The minimum atomic E-state index is -0.838. The molecule has 3 aromatic rings. The van der Waals surface area contributed by atoms with Crippen molar-refractivity contribution in [3.05, 3.63) is 64.8 Å². The van der Waals surface area contributed by atoms with Crippen molar-refractivity contribution in [3.8, 4) is 0 Å². The van der Waals surface area contributed by atoms with Crippen LogP contribution in [0.5, 0.6) is 0 Å². The monoisotopic (exact) mass is 333 g/mol. The highest BCUT2D eigenvalue weighted by molar-refractivity contribution is 6.36. The van der Waals surface area contributed by atoms with E-state index in [0.29, 0.717) is 33.3 Å². The predicted octanol–water partition coefficient (Wildman–Crippen LogP) is 4.05. The number of nitrogens with zero attached hydrogens (tertiary/aromatic N) is 2. The Labute approximate surface area is 139 Å². The maximum absolute atomic E-state index is 14.2. The molecule has 1 heterocycles. The molecule has 0 radical (unpaired) electrons. The van der Waals surface area contributed by atoms with Crippen molar-refractivity contribution >= 4 is 22.5 Å². The van der Waals surface area contributed by atoms with Crippen molar-refractivity contribution in [2.75, 3.05) is 0 Å². The van der Waals surface area contributed by atoms with Crippen LogP contribution in [0.1, 0.15) is 31.1 Å².